The van der Waals surface area contributed by atoms with Crippen molar-refractivity contribution in [2.45, 2.75) is 62.0 Å². The molecule has 1 amide bonds. The van der Waals surface area contributed by atoms with Crippen molar-refractivity contribution in [1.82, 2.24) is 14.5 Å². The largest absolute Gasteiger partial charge is 0.367 e. The first-order chi connectivity index (χ1) is 18.7. The molecule has 2 aromatic rings. The van der Waals surface area contributed by atoms with Crippen molar-refractivity contribution in [3.8, 4) is 0 Å². The number of benzene rings is 2. The summed E-state index contributed by atoms with van der Waals surface area (Å²) in [5.74, 6) is 1.09. The number of nitrogens with one attached hydrogen (secondary N) is 1. The molecule has 214 valence electrons. The molecule has 1 heterocycles. The molecular weight excluding hydrogens is 534 g/mol. The number of amides is 1. The molecule has 7 nitrogen and oxygen atoms in total. The molecule has 1 saturated heterocycles. The molecule has 0 radical (unpaired) electrons. The van der Waals surface area contributed by atoms with Crippen LogP contribution in [0.25, 0.3) is 0 Å². The maximum atomic E-state index is 12.9. The average molecular weight is 576 g/mol. The lowest BCUT2D eigenvalue weighted by Gasteiger charge is -2.37. The van der Waals surface area contributed by atoms with Crippen molar-refractivity contribution >= 4 is 27.5 Å². The monoisotopic (exact) mass is 575 g/mol. The molecule has 9 heteroatoms. The van der Waals surface area contributed by atoms with Crippen LogP contribution in [0.5, 0.6) is 0 Å². The second kappa shape index (κ2) is 14.1. The van der Waals surface area contributed by atoms with Crippen LogP contribution < -0.4 is 5.32 Å². The van der Waals surface area contributed by atoms with Crippen LogP contribution in [0.2, 0.25) is 5.02 Å². The minimum absolute atomic E-state index is 0.0394. The predicted molar refractivity (Wildman–Crippen MR) is 155 cm³/mol. The maximum absolute atomic E-state index is 12.9. The highest BCUT2D eigenvalue weighted by Crippen LogP contribution is 2.40. The van der Waals surface area contributed by atoms with Crippen LogP contribution >= 0.6 is 11.6 Å². The topological polar surface area (TPSA) is 79.0 Å². The lowest BCUT2D eigenvalue weighted by molar-refractivity contribution is -0.128. The van der Waals surface area contributed by atoms with Gasteiger partial charge < -0.3 is 15.0 Å². The third-order valence-electron chi connectivity index (χ3n) is 8.15. The standard InChI is InChI=1S/C30H42ClN3O4S/c1-33(2)30(25-14-16-26(31)17-15-25)24-12-10-23(11-13-24)18-19-32-29(35)22-38-27-7-6-20-34(21-27)39(36,37)28-8-4-3-5-9-28/h3-5,8-9,14-17,23-24,27,30H,6-7,10-13,18-22H2,1-2H3,(H,32,35). The second-order valence-corrected chi connectivity index (χ2v) is 13.5. The number of rotatable bonds is 11. The summed E-state index contributed by atoms with van der Waals surface area (Å²) in [6, 6.07) is 17.1. The molecule has 1 N–H and O–H groups in total. The van der Waals surface area contributed by atoms with E-state index in [-0.39, 0.29) is 25.2 Å². The van der Waals surface area contributed by atoms with E-state index in [2.05, 4.69) is 36.4 Å². The quantitative estimate of drug-likeness (QED) is 0.402. The molecule has 1 aliphatic heterocycles. The fourth-order valence-corrected chi connectivity index (χ4v) is 7.76. The molecule has 0 aromatic heterocycles. The number of carbonyl (C=O) groups excluding carboxylic acids is 1. The van der Waals surface area contributed by atoms with Crippen molar-refractivity contribution < 1.29 is 17.9 Å². The lowest BCUT2D eigenvalue weighted by atomic mass is 9.75. The number of piperidine rings is 1. The summed E-state index contributed by atoms with van der Waals surface area (Å²) in [6.07, 6.45) is 6.86. The van der Waals surface area contributed by atoms with Crippen molar-refractivity contribution in [3.63, 3.8) is 0 Å². The van der Waals surface area contributed by atoms with Gasteiger partial charge in [-0.1, -0.05) is 54.8 Å². The van der Waals surface area contributed by atoms with Gasteiger partial charge in [-0.05, 0) is 87.9 Å². The van der Waals surface area contributed by atoms with Gasteiger partial charge in [0, 0.05) is 30.7 Å². The molecule has 39 heavy (non-hydrogen) atoms. The fourth-order valence-electron chi connectivity index (χ4n) is 6.11. The van der Waals surface area contributed by atoms with E-state index in [1.54, 1.807) is 30.3 Å². The Balaban J connectivity index is 1.15. The Morgan fingerprint density at radius 1 is 1.05 bits per heavy atom. The normalized spacial score (nSPS) is 23.4. The number of nitrogens with zero attached hydrogens (tertiary/aromatic N) is 2. The summed E-state index contributed by atoms with van der Waals surface area (Å²) in [5.41, 5.74) is 1.32. The Bertz CT molecular complexity index is 1150. The first-order valence-corrected chi connectivity index (χ1v) is 15.9. The van der Waals surface area contributed by atoms with E-state index in [1.165, 1.54) is 35.6 Å². The van der Waals surface area contributed by atoms with Gasteiger partial charge in [0.25, 0.3) is 0 Å². The molecule has 2 atom stereocenters. The summed E-state index contributed by atoms with van der Waals surface area (Å²) in [4.78, 5) is 15.0. The third kappa shape index (κ3) is 8.27. The fraction of sp³-hybridized carbons (Fsp3) is 0.567. The molecule has 4 rings (SSSR count). The van der Waals surface area contributed by atoms with E-state index in [0.717, 1.165) is 17.9 Å². The van der Waals surface area contributed by atoms with Gasteiger partial charge in [0.1, 0.15) is 6.61 Å². The Morgan fingerprint density at radius 2 is 1.74 bits per heavy atom. The van der Waals surface area contributed by atoms with Crippen molar-refractivity contribution in [2.24, 2.45) is 11.8 Å². The van der Waals surface area contributed by atoms with Gasteiger partial charge in [0.2, 0.25) is 15.9 Å². The van der Waals surface area contributed by atoms with Crippen LogP contribution in [0.4, 0.5) is 0 Å². The highest BCUT2D eigenvalue weighted by Gasteiger charge is 2.32. The number of hydrogen-bond donors (Lipinski definition) is 1. The summed E-state index contributed by atoms with van der Waals surface area (Å²) in [7, 11) is 0.750. The molecular formula is C30H42ClN3O4S. The number of hydrogen-bond acceptors (Lipinski definition) is 5. The van der Waals surface area contributed by atoms with Gasteiger partial charge >= 0.3 is 0 Å². The number of halogens is 1. The summed E-state index contributed by atoms with van der Waals surface area (Å²) < 4.78 is 33.1. The molecule has 2 fully saturated rings. The molecule has 2 aromatic carbocycles. The Kier molecular flexibility index (Phi) is 10.8. The minimum Gasteiger partial charge on any atom is -0.367 e. The average Bonchev–Trinajstić information content (AvgIpc) is 2.94. The summed E-state index contributed by atoms with van der Waals surface area (Å²) in [5, 5.41) is 3.77. The number of sulfonamides is 1. The van der Waals surface area contributed by atoms with Crippen molar-refractivity contribution in [1.29, 1.82) is 0 Å². The molecule has 2 aliphatic rings. The molecule has 1 aliphatic carbocycles. The first kappa shape index (κ1) is 30.0. The van der Waals surface area contributed by atoms with Gasteiger partial charge in [-0.15, -0.1) is 0 Å². The molecule has 0 bridgehead atoms. The smallest absolute Gasteiger partial charge is 0.246 e. The van der Waals surface area contributed by atoms with Gasteiger partial charge in [-0.2, -0.15) is 4.31 Å². The maximum Gasteiger partial charge on any atom is 0.246 e. The summed E-state index contributed by atoms with van der Waals surface area (Å²) in [6.45, 7) is 1.35. The Labute approximate surface area is 238 Å². The summed E-state index contributed by atoms with van der Waals surface area (Å²) >= 11 is 6.10. The highest BCUT2D eigenvalue weighted by molar-refractivity contribution is 7.89. The second-order valence-electron chi connectivity index (χ2n) is 11.1. The van der Waals surface area contributed by atoms with Crippen LogP contribution in [-0.4, -0.2) is 70.0 Å². The van der Waals surface area contributed by atoms with Crippen LogP contribution in [0.1, 0.15) is 56.6 Å². The van der Waals surface area contributed by atoms with Gasteiger partial charge in [0.05, 0.1) is 11.0 Å². The first-order valence-electron chi connectivity index (χ1n) is 14.1. The number of ether oxygens (including phenoxy) is 1. The van der Waals surface area contributed by atoms with Crippen LogP contribution in [-0.2, 0) is 19.6 Å². The van der Waals surface area contributed by atoms with Crippen LogP contribution in [0, 0.1) is 11.8 Å². The minimum atomic E-state index is -3.55. The SMILES string of the molecule is CN(C)C(c1ccc(Cl)cc1)C1CCC(CCNC(=O)COC2CCCN(S(=O)(=O)c3ccccc3)C2)CC1. The third-order valence-corrected chi connectivity index (χ3v) is 10.3. The Morgan fingerprint density at radius 3 is 2.41 bits per heavy atom. The zero-order valence-corrected chi connectivity index (χ0v) is 24.7. The van der Waals surface area contributed by atoms with Crippen LogP contribution in [0.15, 0.2) is 59.5 Å². The van der Waals surface area contributed by atoms with E-state index < -0.39 is 10.0 Å². The van der Waals surface area contributed by atoms with E-state index >= 15 is 0 Å². The van der Waals surface area contributed by atoms with E-state index in [4.69, 9.17) is 16.3 Å². The van der Waals surface area contributed by atoms with E-state index in [9.17, 15) is 13.2 Å². The van der Waals surface area contributed by atoms with Gasteiger partial charge in [-0.25, -0.2) is 8.42 Å². The van der Waals surface area contributed by atoms with Crippen molar-refractivity contribution in [2.75, 3.05) is 40.3 Å². The number of carbonyl (C=O) groups is 1. The molecule has 0 spiro atoms. The van der Waals surface area contributed by atoms with Gasteiger partial charge in [-0.3, -0.25) is 4.79 Å². The Hall–Kier alpha value is -1.97. The predicted octanol–water partition coefficient (Wildman–Crippen LogP) is 5.13. The highest BCUT2D eigenvalue weighted by atomic mass is 35.5. The van der Waals surface area contributed by atoms with Crippen molar-refractivity contribution in [3.05, 3.63) is 65.2 Å². The molecule has 1 saturated carbocycles. The van der Waals surface area contributed by atoms with E-state index in [1.807, 2.05) is 12.1 Å². The van der Waals surface area contributed by atoms with Crippen LogP contribution in [0.3, 0.4) is 0 Å². The van der Waals surface area contributed by atoms with E-state index in [0.29, 0.717) is 42.3 Å². The van der Waals surface area contributed by atoms with Gasteiger partial charge in [0.15, 0.2) is 0 Å². The zero-order valence-electron chi connectivity index (χ0n) is 23.1. The molecule has 2 unspecified atom stereocenters. The zero-order chi connectivity index (χ0) is 27.8. The lowest BCUT2D eigenvalue weighted by Crippen LogP contribution is -2.44.